The summed E-state index contributed by atoms with van der Waals surface area (Å²) < 4.78 is 5.26. The van der Waals surface area contributed by atoms with E-state index in [9.17, 15) is 4.79 Å². The second kappa shape index (κ2) is 3.42. The average Bonchev–Trinajstić information content (AvgIpc) is 2.62. The maximum atomic E-state index is 10.8. The van der Waals surface area contributed by atoms with Gasteiger partial charge in [0.15, 0.2) is 0 Å². The molecule has 0 bridgehead atoms. The lowest BCUT2D eigenvalue weighted by atomic mass is 9.97. The fourth-order valence-corrected chi connectivity index (χ4v) is 1.60. The SMILES string of the molecule is C[C@@H](C(=O)O)c1ccc2c(c1)COC2. The molecule has 0 aromatic heterocycles. The van der Waals surface area contributed by atoms with Gasteiger partial charge in [0.1, 0.15) is 0 Å². The third-order valence-electron chi connectivity index (χ3n) is 2.62. The number of aliphatic carboxylic acids is 1. The van der Waals surface area contributed by atoms with E-state index >= 15 is 0 Å². The molecule has 0 fully saturated rings. The number of fused-ring (bicyclic) bond motifs is 1. The molecule has 1 atom stereocenters. The number of ether oxygens (including phenoxy) is 1. The maximum Gasteiger partial charge on any atom is 0.310 e. The van der Waals surface area contributed by atoms with Gasteiger partial charge in [0.2, 0.25) is 0 Å². The molecule has 1 aromatic rings. The van der Waals surface area contributed by atoms with Crippen molar-refractivity contribution in [1.82, 2.24) is 0 Å². The van der Waals surface area contributed by atoms with Crippen molar-refractivity contribution in [2.45, 2.75) is 26.1 Å². The molecule has 1 aliphatic rings. The van der Waals surface area contributed by atoms with Crippen LogP contribution in [0.1, 0.15) is 29.5 Å². The van der Waals surface area contributed by atoms with Crippen molar-refractivity contribution in [3.8, 4) is 0 Å². The summed E-state index contributed by atoms with van der Waals surface area (Å²) in [6, 6.07) is 5.75. The van der Waals surface area contributed by atoms with Crippen LogP contribution in [0.3, 0.4) is 0 Å². The van der Waals surface area contributed by atoms with Crippen LogP contribution in [0.25, 0.3) is 0 Å². The van der Waals surface area contributed by atoms with Gasteiger partial charge in [-0.05, 0) is 23.6 Å². The lowest BCUT2D eigenvalue weighted by Crippen LogP contribution is -2.07. The van der Waals surface area contributed by atoms with Gasteiger partial charge in [-0.2, -0.15) is 0 Å². The minimum absolute atomic E-state index is 0.444. The molecule has 0 amide bonds. The molecule has 3 nitrogen and oxygen atoms in total. The average molecular weight is 192 g/mol. The summed E-state index contributed by atoms with van der Waals surface area (Å²) in [6.45, 7) is 2.95. The minimum atomic E-state index is -0.788. The zero-order valence-electron chi connectivity index (χ0n) is 7.99. The first kappa shape index (κ1) is 9.21. The van der Waals surface area contributed by atoms with Gasteiger partial charge in [-0.25, -0.2) is 0 Å². The molecule has 74 valence electrons. The predicted molar refractivity (Wildman–Crippen MR) is 51.0 cm³/mol. The summed E-state index contributed by atoms with van der Waals surface area (Å²) in [4.78, 5) is 10.8. The first-order valence-corrected chi connectivity index (χ1v) is 4.60. The van der Waals surface area contributed by atoms with Gasteiger partial charge in [-0.15, -0.1) is 0 Å². The number of hydrogen-bond acceptors (Lipinski definition) is 2. The van der Waals surface area contributed by atoms with Crippen molar-refractivity contribution in [2.75, 3.05) is 0 Å². The summed E-state index contributed by atoms with van der Waals surface area (Å²) in [5.41, 5.74) is 3.14. The predicted octanol–water partition coefficient (Wildman–Crippen LogP) is 1.90. The van der Waals surface area contributed by atoms with Crippen molar-refractivity contribution in [2.24, 2.45) is 0 Å². The highest BCUT2D eigenvalue weighted by atomic mass is 16.5. The second-order valence-corrected chi connectivity index (χ2v) is 3.58. The highest BCUT2D eigenvalue weighted by Crippen LogP contribution is 2.24. The van der Waals surface area contributed by atoms with Crippen LogP contribution in [0.15, 0.2) is 18.2 Å². The molecule has 0 spiro atoms. The van der Waals surface area contributed by atoms with E-state index in [1.165, 1.54) is 5.56 Å². The molecule has 0 saturated carbocycles. The standard InChI is InChI=1S/C11H12O3/c1-7(11(12)13)8-2-3-9-5-14-6-10(9)4-8/h2-4,7H,5-6H2,1H3,(H,12,13)/t7-/m1/s1. The van der Waals surface area contributed by atoms with Crippen molar-refractivity contribution in [3.05, 3.63) is 34.9 Å². The summed E-state index contributed by atoms with van der Waals surface area (Å²) in [7, 11) is 0. The smallest absolute Gasteiger partial charge is 0.310 e. The molecule has 1 N–H and O–H groups in total. The van der Waals surface area contributed by atoms with Crippen LogP contribution in [0.2, 0.25) is 0 Å². The van der Waals surface area contributed by atoms with Crippen LogP contribution in [-0.2, 0) is 22.7 Å². The van der Waals surface area contributed by atoms with Crippen molar-refractivity contribution in [1.29, 1.82) is 0 Å². The third-order valence-corrected chi connectivity index (χ3v) is 2.62. The zero-order chi connectivity index (χ0) is 10.1. The normalized spacial score (nSPS) is 16.4. The van der Waals surface area contributed by atoms with Gasteiger partial charge in [-0.1, -0.05) is 18.2 Å². The van der Waals surface area contributed by atoms with E-state index in [2.05, 4.69) is 0 Å². The monoisotopic (exact) mass is 192 g/mol. The molecule has 0 saturated heterocycles. The first-order valence-electron chi connectivity index (χ1n) is 4.60. The van der Waals surface area contributed by atoms with Crippen LogP contribution in [-0.4, -0.2) is 11.1 Å². The number of carboxylic acid groups (broad SMARTS) is 1. The van der Waals surface area contributed by atoms with Crippen LogP contribution in [0.5, 0.6) is 0 Å². The van der Waals surface area contributed by atoms with Gasteiger partial charge >= 0.3 is 5.97 Å². The molecular weight excluding hydrogens is 180 g/mol. The molecule has 3 heteroatoms. The Bertz CT molecular complexity index is 371. The second-order valence-electron chi connectivity index (χ2n) is 3.58. The minimum Gasteiger partial charge on any atom is -0.481 e. The van der Waals surface area contributed by atoms with E-state index < -0.39 is 11.9 Å². The molecule has 0 aliphatic carbocycles. The molecule has 2 rings (SSSR count). The van der Waals surface area contributed by atoms with Crippen LogP contribution in [0.4, 0.5) is 0 Å². The van der Waals surface area contributed by atoms with Gasteiger partial charge in [0.05, 0.1) is 19.1 Å². The lowest BCUT2D eigenvalue weighted by Gasteiger charge is -2.07. The van der Waals surface area contributed by atoms with E-state index in [1.54, 1.807) is 6.92 Å². The molecule has 1 heterocycles. The molecule has 0 unspecified atom stereocenters. The van der Waals surface area contributed by atoms with E-state index in [1.807, 2.05) is 18.2 Å². The molecule has 1 aliphatic heterocycles. The first-order chi connectivity index (χ1) is 6.68. The molecule has 1 aromatic carbocycles. The Balaban J connectivity index is 2.33. The van der Waals surface area contributed by atoms with E-state index in [4.69, 9.17) is 9.84 Å². The van der Waals surface area contributed by atoms with Crippen molar-refractivity contribution >= 4 is 5.97 Å². The Labute approximate surface area is 82.3 Å². The summed E-state index contributed by atoms with van der Waals surface area (Å²) >= 11 is 0. The lowest BCUT2D eigenvalue weighted by molar-refractivity contribution is -0.138. The Hall–Kier alpha value is -1.35. The number of benzene rings is 1. The highest BCUT2D eigenvalue weighted by Gasteiger charge is 2.17. The quantitative estimate of drug-likeness (QED) is 0.778. The largest absolute Gasteiger partial charge is 0.481 e. The van der Waals surface area contributed by atoms with Crippen LogP contribution < -0.4 is 0 Å². The Kier molecular flexibility index (Phi) is 2.25. The zero-order valence-corrected chi connectivity index (χ0v) is 7.99. The fraction of sp³-hybridized carbons (Fsp3) is 0.364. The maximum absolute atomic E-state index is 10.8. The van der Waals surface area contributed by atoms with Crippen LogP contribution in [0, 0.1) is 0 Å². The summed E-state index contributed by atoms with van der Waals surface area (Å²) in [5, 5.41) is 8.85. The summed E-state index contributed by atoms with van der Waals surface area (Å²) in [6.07, 6.45) is 0. The molecule has 14 heavy (non-hydrogen) atoms. The molecule has 0 radical (unpaired) electrons. The number of rotatable bonds is 2. The summed E-state index contributed by atoms with van der Waals surface area (Å²) in [5.74, 6) is -1.23. The van der Waals surface area contributed by atoms with E-state index in [0.29, 0.717) is 13.2 Å². The number of carbonyl (C=O) groups is 1. The third kappa shape index (κ3) is 1.51. The van der Waals surface area contributed by atoms with Gasteiger partial charge in [0.25, 0.3) is 0 Å². The fourth-order valence-electron chi connectivity index (χ4n) is 1.60. The van der Waals surface area contributed by atoms with Crippen molar-refractivity contribution in [3.63, 3.8) is 0 Å². The van der Waals surface area contributed by atoms with E-state index in [-0.39, 0.29) is 0 Å². The van der Waals surface area contributed by atoms with Crippen LogP contribution >= 0.6 is 0 Å². The Morgan fingerprint density at radius 1 is 1.43 bits per heavy atom. The Morgan fingerprint density at radius 2 is 2.14 bits per heavy atom. The van der Waals surface area contributed by atoms with Gasteiger partial charge in [-0.3, -0.25) is 4.79 Å². The Morgan fingerprint density at radius 3 is 2.86 bits per heavy atom. The highest BCUT2D eigenvalue weighted by molar-refractivity contribution is 5.75. The number of hydrogen-bond donors (Lipinski definition) is 1. The van der Waals surface area contributed by atoms with Gasteiger partial charge < -0.3 is 9.84 Å². The van der Waals surface area contributed by atoms with Gasteiger partial charge in [0, 0.05) is 0 Å². The van der Waals surface area contributed by atoms with E-state index in [0.717, 1.165) is 11.1 Å². The number of carboxylic acids is 1. The topological polar surface area (TPSA) is 46.5 Å². The molecular formula is C11H12O3. The van der Waals surface area contributed by atoms with Crippen molar-refractivity contribution < 1.29 is 14.6 Å².